The summed E-state index contributed by atoms with van der Waals surface area (Å²) in [5.41, 5.74) is 5.31. The van der Waals surface area contributed by atoms with E-state index in [9.17, 15) is 5.26 Å². The number of aromatic nitrogens is 2. The zero-order valence-corrected chi connectivity index (χ0v) is 17.2. The molecule has 5 heteroatoms. The third-order valence-corrected chi connectivity index (χ3v) is 5.33. The zero-order valence-electron chi connectivity index (χ0n) is 15.7. The van der Waals surface area contributed by atoms with Crippen molar-refractivity contribution in [1.29, 1.82) is 5.26 Å². The average Bonchev–Trinajstić information content (AvgIpc) is 3.08. The van der Waals surface area contributed by atoms with Crippen LogP contribution in [-0.2, 0) is 6.54 Å². The van der Waals surface area contributed by atoms with Crippen LogP contribution >= 0.6 is 23.2 Å². The molecule has 0 saturated heterocycles. The first-order valence-corrected chi connectivity index (χ1v) is 9.89. The first-order valence-electron chi connectivity index (χ1n) is 9.13. The molecule has 3 nitrogen and oxygen atoms in total. The Morgan fingerprint density at radius 1 is 1.07 bits per heavy atom. The number of aryl methyl sites for hydroxylation is 1. The Bertz CT molecular complexity index is 1260. The standard InChI is InChI=1S/C24H17Cl2N3/c1-16-6-8-17(9-7-16)12-19(14-27)24-28-22-4-2-3-5-23(22)29(24)15-18-10-11-20(25)13-21(18)26/h2-13H,15H2,1H3/b19-12+. The van der Waals surface area contributed by atoms with Gasteiger partial charge in [-0.1, -0.05) is 71.2 Å². The SMILES string of the molecule is Cc1ccc(/C=C(\C#N)c2nc3ccccc3n2Cc2ccc(Cl)cc2Cl)cc1. The van der Waals surface area contributed by atoms with Crippen LogP contribution in [0.5, 0.6) is 0 Å². The molecule has 142 valence electrons. The van der Waals surface area contributed by atoms with Gasteiger partial charge in [0, 0.05) is 10.0 Å². The molecule has 0 unspecified atom stereocenters. The number of nitriles is 1. The van der Waals surface area contributed by atoms with Crippen LogP contribution in [0.1, 0.15) is 22.5 Å². The molecule has 0 amide bonds. The van der Waals surface area contributed by atoms with E-state index in [4.69, 9.17) is 28.2 Å². The summed E-state index contributed by atoms with van der Waals surface area (Å²) in [6.07, 6.45) is 1.86. The van der Waals surface area contributed by atoms with E-state index in [1.165, 1.54) is 5.56 Å². The van der Waals surface area contributed by atoms with E-state index >= 15 is 0 Å². The second-order valence-corrected chi connectivity index (χ2v) is 7.67. The van der Waals surface area contributed by atoms with E-state index in [1.807, 2.05) is 78.2 Å². The maximum absolute atomic E-state index is 9.89. The quantitative estimate of drug-likeness (QED) is 0.344. The minimum Gasteiger partial charge on any atom is -0.319 e. The lowest BCUT2D eigenvalue weighted by molar-refractivity contribution is 0.811. The Morgan fingerprint density at radius 3 is 2.55 bits per heavy atom. The predicted octanol–water partition coefficient (Wildman–Crippen LogP) is 6.76. The van der Waals surface area contributed by atoms with Gasteiger partial charge in [0.2, 0.25) is 0 Å². The number of imidazole rings is 1. The highest BCUT2D eigenvalue weighted by molar-refractivity contribution is 6.35. The molecular formula is C24H17Cl2N3. The number of allylic oxidation sites excluding steroid dienone is 1. The van der Waals surface area contributed by atoms with Crippen LogP contribution in [-0.4, -0.2) is 9.55 Å². The van der Waals surface area contributed by atoms with Gasteiger partial charge in [-0.15, -0.1) is 0 Å². The minimum absolute atomic E-state index is 0.485. The second-order valence-electron chi connectivity index (χ2n) is 6.83. The van der Waals surface area contributed by atoms with Gasteiger partial charge in [-0.3, -0.25) is 0 Å². The average molecular weight is 418 g/mol. The Labute approximate surface area is 179 Å². The van der Waals surface area contributed by atoms with Crippen molar-refractivity contribution in [3.05, 3.63) is 99.3 Å². The van der Waals surface area contributed by atoms with Crippen LogP contribution in [0, 0.1) is 18.3 Å². The smallest absolute Gasteiger partial charge is 0.152 e. The van der Waals surface area contributed by atoms with Crippen LogP contribution < -0.4 is 0 Å². The first-order chi connectivity index (χ1) is 14.0. The molecule has 0 aliphatic heterocycles. The fourth-order valence-corrected chi connectivity index (χ4v) is 3.71. The summed E-state index contributed by atoms with van der Waals surface area (Å²) in [5.74, 6) is 0.611. The Hall–Kier alpha value is -3.06. The van der Waals surface area contributed by atoms with Gasteiger partial charge in [0.05, 0.1) is 23.2 Å². The summed E-state index contributed by atoms with van der Waals surface area (Å²) in [6.45, 7) is 2.52. The van der Waals surface area contributed by atoms with Crippen molar-refractivity contribution >= 4 is 45.9 Å². The van der Waals surface area contributed by atoms with Crippen molar-refractivity contribution in [2.45, 2.75) is 13.5 Å². The van der Waals surface area contributed by atoms with Crippen molar-refractivity contribution in [3.63, 3.8) is 0 Å². The Morgan fingerprint density at radius 2 is 1.83 bits per heavy atom. The van der Waals surface area contributed by atoms with Crippen LogP contribution in [0.25, 0.3) is 22.7 Å². The van der Waals surface area contributed by atoms with Gasteiger partial charge < -0.3 is 4.57 Å². The molecule has 1 heterocycles. The highest BCUT2D eigenvalue weighted by Gasteiger charge is 2.16. The van der Waals surface area contributed by atoms with Gasteiger partial charge in [-0.25, -0.2) is 4.98 Å². The van der Waals surface area contributed by atoms with Crippen LogP contribution in [0.4, 0.5) is 0 Å². The Balaban J connectivity index is 1.86. The van der Waals surface area contributed by atoms with E-state index in [0.717, 1.165) is 22.2 Å². The highest BCUT2D eigenvalue weighted by Crippen LogP contribution is 2.27. The molecule has 0 atom stereocenters. The number of rotatable bonds is 4. The number of nitrogens with zero attached hydrogens (tertiary/aromatic N) is 3. The fraction of sp³-hybridized carbons (Fsp3) is 0.0833. The van der Waals surface area contributed by atoms with Gasteiger partial charge in [0.1, 0.15) is 6.07 Å². The monoisotopic (exact) mass is 417 g/mol. The number of hydrogen-bond donors (Lipinski definition) is 0. The maximum atomic E-state index is 9.89. The lowest BCUT2D eigenvalue weighted by Gasteiger charge is -2.11. The molecule has 0 N–H and O–H groups in total. The molecule has 4 rings (SSSR count). The van der Waals surface area contributed by atoms with Crippen molar-refractivity contribution in [3.8, 4) is 6.07 Å². The number of halogens is 2. The maximum Gasteiger partial charge on any atom is 0.152 e. The molecule has 0 aliphatic rings. The van der Waals surface area contributed by atoms with Gasteiger partial charge in [0.15, 0.2) is 5.82 Å². The molecule has 0 saturated carbocycles. The third-order valence-electron chi connectivity index (χ3n) is 4.75. The van der Waals surface area contributed by atoms with E-state index in [2.05, 4.69) is 6.07 Å². The normalized spacial score (nSPS) is 11.6. The number of fused-ring (bicyclic) bond motifs is 1. The molecule has 4 aromatic rings. The predicted molar refractivity (Wildman–Crippen MR) is 120 cm³/mol. The van der Waals surface area contributed by atoms with E-state index in [-0.39, 0.29) is 0 Å². The van der Waals surface area contributed by atoms with Gasteiger partial charge >= 0.3 is 0 Å². The minimum atomic E-state index is 0.485. The van der Waals surface area contributed by atoms with Crippen molar-refractivity contribution < 1.29 is 0 Å². The van der Waals surface area contributed by atoms with Gasteiger partial charge in [-0.2, -0.15) is 5.26 Å². The lowest BCUT2D eigenvalue weighted by atomic mass is 10.1. The number of benzene rings is 3. The molecule has 0 bridgehead atoms. The van der Waals surface area contributed by atoms with Crippen molar-refractivity contribution in [2.24, 2.45) is 0 Å². The molecule has 3 aromatic carbocycles. The summed E-state index contributed by atoms with van der Waals surface area (Å²) < 4.78 is 2.02. The third kappa shape index (κ3) is 4.05. The molecular weight excluding hydrogens is 401 g/mol. The summed E-state index contributed by atoms with van der Waals surface area (Å²) in [4.78, 5) is 4.74. The Kier molecular flexibility index (Phi) is 5.40. The molecule has 29 heavy (non-hydrogen) atoms. The zero-order chi connectivity index (χ0) is 20.4. The van der Waals surface area contributed by atoms with E-state index in [0.29, 0.717) is 28.0 Å². The molecule has 0 spiro atoms. The number of para-hydroxylation sites is 2. The second kappa shape index (κ2) is 8.13. The van der Waals surface area contributed by atoms with Crippen LogP contribution in [0.2, 0.25) is 10.0 Å². The van der Waals surface area contributed by atoms with E-state index in [1.54, 1.807) is 6.07 Å². The summed E-state index contributed by atoms with van der Waals surface area (Å²) in [7, 11) is 0. The summed E-state index contributed by atoms with van der Waals surface area (Å²) >= 11 is 12.5. The highest BCUT2D eigenvalue weighted by atomic mass is 35.5. The summed E-state index contributed by atoms with van der Waals surface area (Å²) in [5, 5.41) is 11.1. The molecule has 1 aromatic heterocycles. The lowest BCUT2D eigenvalue weighted by Crippen LogP contribution is -2.05. The van der Waals surface area contributed by atoms with Crippen molar-refractivity contribution in [2.75, 3.05) is 0 Å². The van der Waals surface area contributed by atoms with Crippen molar-refractivity contribution in [1.82, 2.24) is 9.55 Å². The van der Waals surface area contributed by atoms with E-state index < -0.39 is 0 Å². The topological polar surface area (TPSA) is 41.6 Å². The fourth-order valence-electron chi connectivity index (χ4n) is 3.24. The van der Waals surface area contributed by atoms with Gasteiger partial charge in [-0.05, 0) is 48.4 Å². The summed E-state index contributed by atoms with van der Waals surface area (Å²) in [6, 6.07) is 23.6. The first kappa shape index (κ1) is 19.3. The largest absolute Gasteiger partial charge is 0.319 e. The molecule has 0 radical (unpaired) electrons. The molecule has 0 aliphatic carbocycles. The number of hydrogen-bond acceptors (Lipinski definition) is 2. The molecule has 0 fully saturated rings. The van der Waals surface area contributed by atoms with Crippen LogP contribution in [0.3, 0.4) is 0 Å². The van der Waals surface area contributed by atoms with Gasteiger partial charge in [0.25, 0.3) is 0 Å². The van der Waals surface area contributed by atoms with Crippen LogP contribution in [0.15, 0.2) is 66.7 Å².